The van der Waals surface area contributed by atoms with Crippen molar-refractivity contribution in [2.75, 3.05) is 28.3 Å². The molecule has 3 aromatic rings. The SMILES string of the molecule is CON(C)C(=O)c1sc(-c2ccccn2)c(C)c1-c1ccc(S(=O)(=O)N=CN(C)C)cc1. The maximum Gasteiger partial charge on any atom is 0.287 e. The predicted octanol–water partition coefficient (Wildman–Crippen LogP) is 3.70. The van der Waals surface area contributed by atoms with Gasteiger partial charge in [-0.3, -0.25) is 14.6 Å². The van der Waals surface area contributed by atoms with Gasteiger partial charge in [-0.25, -0.2) is 5.06 Å². The fourth-order valence-corrected chi connectivity index (χ4v) is 5.18. The highest BCUT2D eigenvalue weighted by atomic mass is 32.2. The van der Waals surface area contributed by atoms with Gasteiger partial charge < -0.3 is 4.90 Å². The molecule has 1 amide bonds. The Morgan fingerprint density at radius 2 is 1.81 bits per heavy atom. The van der Waals surface area contributed by atoms with Crippen LogP contribution in [0.4, 0.5) is 0 Å². The Bertz CT molecular complexity index is 1230. The Morgan fingerprint density at radius 3 is 2.38 bits per heavy atom. The number of carbonyl (C=O) groups excluding carboxylic acids is 1. The summed E-state index contributed by atoms with van der Waals surface area (Å²) in [5.41, 5.74) is 3.06. The summed E-state index contributed by atoms with van der Waals surface area (Å²) >= 11 is 1.33. The maximum atomic E-state index is 13.0. The molecule has 0 atom stereocenters. The summed E-state index contributed by atoms with van der Waals surface area (Å²) in [5, 5.41) is 1.16. The van der Waals surface area contributed by atoms with E-state index in [1.165, 1.54) is 36.9 Å². The number of hydrogen-bond acceptors (Lipinski definition) is 6. The van der Waals surface area contributed by atoms with Crippen LogP contribution in [0.15, 0.2) is 58.0 Å². The molecule has 0 aliphatic carbocycles. The van der Waals surface area contributed by atoms with Crippen LogP contribution in [0.1, 0.15) is 15.2 Å². The van der Waals surface area contributed by atoms with Gasteiger partial charge in [-0.2, -0.15) is 8.42 Å². The molecular formula is C22H24N4O4S2. The van der Waals surface area contributed by atoms with Crippen molar-refractivity contribution in [3.63, 3.8) is 0 Å². The summed E-state index contributed by atoms with van der Waals surface area (Å²) < 4.78 is 28.5. The first-order chi connectivity index (χ1) is 15.2. The Labute approximate surface area is 191 Å². The Morgan fingerprint density at radius 1 is 1.12 bits per heavy atom. The molecule has 0 N–H and O–H groups in total. The number of nitrogens with zero attached hydrogens (tertiary/aromatic N) is 4. The van der Waals surface area contributed by atoms with Crippen LogP contribution in [0, 0.1) is 6.92 Å². The molecule has 10 heteroatoms. The van der Waals surface area contributed by atoms with Gasteiger partial charge in [-0.05, 0) is 42.3 Å². The summed E-state index contributed by atoms with van der Waals surface area (Å²) in [6, 6.07) is 11.9. The van der Waals surface area contributed by atoms with E-state index < -0.39 is 10.0 Å². The maximum absolute atomic E-state index is 13.0. The topological polar surface area (TPSA) is 92.2 Å². The third kappa shape index (κ3) is 4.87. The van der Waals surface area contributed by atoms with Crippen molar-refractivity contribution in [1.82, 2.24) is 14.9 Å². The number of sulfonamides is 1. The van der Waals surface area contributed by atoms with Crippen molar-refractivity contribution in [3.8, 4) is 21.7 Å². The second-order valence-electron chi connectivity index (χ2n) is 7.14. The lowest BCUT2D eigenvalue weighted by molar-refractivity contribution is -0.0753. The molecule has 0 aliphatic rings. The molecule has 1 aromatic carbocycles. The van der Waals surface area contributed by atoms with Crippen LogP contribution >= 0.6 is 11.3 Å². The van der Waals surface area contributed by atoms with E-state index in [2.05, 4.69) is 9.38 Å². The number of rotatable bonds is 7. The molecule has 3 rings (SSSR count). The molecule has 0 saturated heterocycles. The first-order valence-electron chi connectivity index (χ1n) is 9.60. The van der Waals surface area contributed by atoms with Gasteiger partial charge in [0.15, 0.2) is 0 Å². The van der Waals surface area contributed by atoms with Gasteiger partial charge in [0.05, 0.1) is 22.6 Å². The van der Waals surface area contributed by atoms with Gasteiger partial charge in [-0.15, -0.1) is 15.7 Å². The van der Waals surface area contributed by atoms with Gasteiger partial charge in [0.25, 0.3) is 15.9 Å². The largest absolute Gasteiger partial charge is 0.368 e. The van der Waals surface area contributed by atoms with Crippen LogP contribution in [0.3, 0.4) is 0 Å². The molecule has 0 fully saturated rings. The fourth-order valence-electron chi connectivity index (χ4n) is 2.99. The zero-order valence-electron chi connectivity index (χ0n) is 18.4. The van der Waals surface area contributed by atoms with Crippen molar-refractivity contribution in [2.45, 2.75) is 11.8 Å². The summed E-state index contributed by atoms with van der Waals surface area (Å²) in [4.78, 5) is 25.5. The highest BCUT2D eigenvalue weighted by molar-refractivity contribution is 7.90. The van der Waals surface area contributed by atoms with E-state index in [9.17, 15) is 13.2 Å². The molecule has 168 valence electrons. The molecule has 0 unspecified atom stereocenters. The first kappa shape index (κ1) is 23.6. The number of hydrogen-bond donors (Lipinski definition) is 0. The molecular weight excluding hydrogens is 448 g/mol. The van der Waals surface area contributed by atoms with E-state index in [4.69, 9.17) is 4.84 Å². The highest BCUT2D eigenvalue weighted by Crippen LogP contribution is 2.42. The number of hydroxylamine groups is 2. The molecule has 0 bridgehead atoms. The lowest BCUT2D eigenvalue weighted by Gasteiger charge is -2.14. The Balaban J connectivity index is 2.12. The van der Waals surface area contributed by atoms with E-state index in [-0.39, 0.29) is 10.8 Å². The monoisotopic (exact) mass is 472 g/mol. The van der Waals surface area contributed by atoms with E-state index in [0.717, 1.165) is 21.2 Å². The van der Waals surface area contributed by atoms with E-state index in [1.54, 1.807) is 44.4 Å². The second kappa shape index (κ2) is 9.60. The van der Waals surface area contributed by atoms with Crippen molar-refractivity contribution in [2.24, 2.45) is 4.40 Å². The number of carbonyl (C=O) groups is 1. The first-order valence-corrected chi connectivity index (χ1v) is 11.9. The Kier molecular flexibility index (Phi) is 7.07. The average molecular weight is 473 g/mol. The molecule has 0 radical (unpaired) electrons. The lowest BCUT2D eigenvalue weighted by atomic mass is 10.00. The standard InChI is InChI=1S/C22H24N4O4S2/c1-15-19(16-9-11-17(12-10-16)32(28,29)24-14-25(2)3)21(22(27)26(4)30-5)31-20(15)18-8-6-7-13-23-18/h6-14H,1-5H3. The molecule has 0 aliphatic heterocycles. The van der Waals surface area contributed by atoms with Gasteiger partial charge in [0.2, 0.25) is 0 Å². The van der Waals surface area contributed by atoms with Crippen molar-refractivity contribution in [1.29, 1.82) is 0 Å². The normalized spacial score (nSPS) is 11.7. The lowest BCUT2D eigenvalue weighted by Crippen LogP contribution is -2.25. The van der Waals surface area contributed by atoms with Gasteiger partial charge in [0.1, 0.15) is 11.2 Å². The van der Waals surface area contributed by atoms with Crippen molar-refractivity contribution in [3.05, 3.63) is 59.1 Å². The third-order valence-electron chi connectivity index (χ3n) is 4.66. The molecule has 0 saturated carbocycles. The zero-order valence-corrected chi connectivity index (χ0v) is 20.1. The smallest absolute Gasteiger partial charge is 0.287 e. The van der Waals surface area contributed by atoms with Gasteiger partial charge in [-0.1, -0.05) is 18.2 Å². The van der Waals surface area contributed by atoms with Crippen LogP contribution in [0.2, 0.25) is 0 Å². The van der Waals surface area contributed by atoms with Crippen LogP contribution in [0.5, 0.6) is 0 Å². The van der Waals surface area contributed by atoms with Crippen LogP contribution in [-0.4, -0.2) is 63.9 Å². The van der Waals surface area contributed by atoms with Crippen LogP contribution < -0.4 is 0 Å². The van der Waals surface area contributed by atoms with Gasteiger partial charge >= 0.3 is 0 Å². The number of pyridine rings is 1. The number of aromatic nitrogens is 1. The number of thiophene rings is 1. The minimum Gasteiger partial charge on any atom is -0.368 e. The Hall–Kier alpha value is -3.08. The number of amides is 1. The summed E-state index contributed by atoms with van der Waals surface area (Å²) in [7, 11) is 2.52. The minimum atomic E-state index is -3.82. The fraction of sp³-hybridized carbons (Fsp3) is 0.227. The second-order valence-corrected chi connectivity index (χ2v) is 9.80. The molecule has 0 spiro atoms. The van der Waals surface area contributed by atoms with Crippen LogP contribution in [0.25, 0.3) is 21.7 Å². The summed E-state index contributed by atoms with van der Waals surface area (Å²) in [6.45, 7) is 1.92. The molecule has 2 aromatic heterocycles. The highest BCUT2D eigenvalue weighted by Gasteiger charge is 2.25. The third-order valence-corrected chi connectivity index (χ3v) is 7.20. The minimum absolute atomic E-state index is 0.0686. The van der Waals surface area contributed by atoms with Crippen molar-refractivity contribution >= 4 is 33.6 Å². The van der Waals surface area contributed by atoms with E-state index in [1.807, 2.05) is 25.1 Å². The molecule has 8 nitrogen and oxygen atoms in total. The quantitative estimate of drug-likeness (QED) is 0.296. The van der Waals surface area contributed by atoms with E-state index >= 15 is 0 Å². The summed E-state index contributed by atoms with van der Waals surface area (Å²) in [6.07, 6.45) is 2.94. The number of benzene rings is 1. The summed E-state index contributed by atoms with van der Waals surface area (Å²) in [5.74, 6) is -0.301. The molecule has 2 heterocycles. The molecule has 32 heavy (non-hydrogen) atoms. The predicted molar refractivity (Wildman–Crippen MR) is 126 cm³/mol. The van der Waals surface area contributed by atoms with E-state index in [0.29, 0.717) is 16.0 Å². The zero-order chi connectivity index (χ0) is 23.5. The van der Waals surface area contributed by atoms with Crippen LogP contribution in [-0.2, 0) is 14.9 Å². The average Bonchev–Trinajstić information content (AvgIpc) is 3.14. The van der Waals surface area contributed by atoms with Crippen molar-refractivity contribution < 1.29 is 18.0 Å². The van der Waals surface area contributed by atoms with Gasteiger partial charge in [0, 0.05) is 32.9 Å².